The second-order valence-corrected chi connectivity index (χ2v) is 2.42. The maximum atomic E-state index is 5.62. The smallest absolute Gasteiger partial charge is 0.145 e. The van der Waals surface area contributed by atoms with Crippen LogP contribution in [0.1, 0.15) is 5.69 Å². The topological polar surface area (TPSA) is 31.4 Å². The molecule has 0 spiro atoms. The normalized spacial score (nSPS) is 9.58. The molecule has 0 saturated carbocycles. The lowest BCUT2D eigenvalue weighted by Gasteiger charge is -2.06. The molecule has 0 fully saturated rings. The highest BCUT2D eigenvalue weighted by Gasteiger charge is 2.04. The monoisotopic (exact) mass is 187 g/mol. The molecule has 0 N–H and O–H groups in total. The molecule has 0 amide bonds. The van der Waals surface area contributed by atoms with Crippen molar-refractivity contribution in [1.82, 2.24) is 4.98 Å². The predicted molar refractivity (Wildman–Crippen MR) is 46.9 cm³/mol. The Bertz CT molecular complexity index is 265. The summed E-state index contributed by atoms with van der Waals surface area (Å²) >= 11 is 5.62. The van der Waals surface area contributed by atoms with Crippen molar-refractivity contribution in [2.24, 2.45) is 0 Å². The number of pyridine rings is 1. The molecule has 0 atom stereocenters. The van der Waals surface area contributed by atoms with E-state index in [9.17, 15) is 0 Å². The van der Waals surface area contributed by atoms with Gasteiger partial charge < -0.3 is 9.47 Å². The maximum absolute atomic E-state index is 5.62. The van der Waals surface area contributed by atoms with E-state index in [-0.39, 0.29) is 0 Å². The molecule has 3 nitrogen and oxygen atoms in total. The van der Waals surface area contributed by atoms with Gasteiger partial charge in [-0.1, -0.05) is 0 Å². The molecule has 0 aliphatic rings. The van der Waals surface area contributed by atoms with E-state index < -0.39 is 0 Å². The van der Waals surface area contributed by atoms with Crippen LogP contribution in [0.2, 0.25) is 0 Å². The Kier molecular flexibility index (Phi) is 3.17. The Balaban J connectivity index is 3.02. The van der Waals surface area contributed by atoms with Crippen molar-refractivity contribution in [3.8, 4) is 11.5 Å². The average molecular weight is 188 g/mol. The largest absolute Gasteiger partial charge is 0.495 e. The van der Waals surface area contributed by atoms with Crippen molar-refractivity contribution in [3.63, 3.8) is 0 Å². The number of halogens is 1. The number of ether oxygens (including phenoxy) is 2. The summed E-state index contributed by atoms with van der Waals surface area (Å²) in [6.07, 6.45) is 1.61. The molecule has 0 bridgehead atoms. The van der Waals surface area contributed by atoms with E-state index in [4.69, 9.17) is 21.1 Å². The second-order valence-electron chi connectivity index (χ2n) is 2.16. The van der Waals surface area contributed by atoms with Crippen molar-refractivity contribution in [2.45, 2.75) is 5.88 Å². The minimum atomic E-state index is 0.340. The average Bonchev–Trinajstić information content (AvgIpc) is 2.16. The highest BCUT2D eigenvalue weighted by molar-refractivity contribution is 6.17. The first-order valence-corrected chi connectivity index (χ1v) is 3.98. The third-order valence-electron chi connectivity index (χ3n) is 1.49. The van der Waals surface area contributed by atoms with E-state index in [1.807, 2.05) is 0 Å². The van der Waals surface area contributed by atoms with Gasteiger partial charge >= 0.3 is 0 Å². The van der Waals surface area contributed by atoms with Crippen LogP contribution < -0.4 is 9.47 Å². The van der Waals surface area contributed by atoms with Crippen molar-refractivity contribution in [1.29, 1.82) is 0 Å². The summed E-state index contributed by atoms with van der Waals surface area (Å²) in [6, 6.07) is 1.75. The van der Waals surface area contributed by atoms with Crippen molar-refractivity contribution in [2.75, 3.05) is 14.2 Å². The number of aromatic nitrogens is 1. The van der Waals surface area contributed by atoms with Crippen LogP contribution in [0.4, 0.5) is 0 Å². The molecule has 1 aromatic rings. The van der Waals surface area contributed by atoms with E-state index in [0.717, 1.165) is 5.69 Å². The third kappa shape index (κ3) is 1.80. The number of nitrogens with zero attached hydrogens (tertiary/aromatic N) is 1. The van der Waals surface area contributed by atoms with Crippen LogP contribution in [0.15, 0.2) is 12.3 Å². The van der Waals surface area contributed by atoms with Gasteiger partial charge in [0.15, 0.2) is 0 Å². The van der Waals surface area contributed by atoms with Crippen LogP contribution in [-0.2, 0) is 5.88 Å². The van der Waals surface area contributed by atoms with Gasteiger partial charge in [0.05, 0.1) is 32.0 Å². The van der Waals surface area contributed by atoms with Gasteiger partial charge in [-0.05, 0) is 0 Å². The highest BCUT2D eigenvalue weighted by atomic mass is 35.5. The van der Waals surface area contributed by atoms with Gasteiger partial charge in [-0.3, -0.25) is 4.98 Å². The third-order valence-corrected chi connectivity index (χ3v) is 1.74. The first-order chi connectivity index (χ1) is 5.81. The lowest BCUT2D eigenvalue weighted by atomic mass is 10.3. The zero-order chi connectivity index (χ0) is 8.97. The van der Waals surface area contributed by atoms with Crippen LogP contribution in [0, 0.1) is 0 Å². The Labute approximate surface area is 76.3 Å². The first kappa shape index (κ1) is 9.13. The zero-order valence-corrected chi connectivity index (χ0v) is 7.76. The molecule has 1 rings (SSSR count). The standard InChI is InChI=1S/C8H10ClNO2/c1-11-6-3-8(12-2)7(4-9)10-5-6/h3,5H,4H2,1-2H3. The van der Waals surface area contributed by atoms with Crippen LogP contribution >= 0.6 is 11.6 Å². The molecule has 0 unspecified atom stereocenters. The molecule has 0 saturated heterocycles. The molecule has 12 heavy (non-hydrogen) atoms. The summed E-state index contributed by atoms with van der Waals surface area (Å²) in [6.45, 7) is 0. The minimum Gasteiger partial charge on any atom is -0.495 e. The Hall–Kier alpha value is -0.960. The molecule has 0 aromatic carbocycles. The summed E-state index contributed by atoms with van der Waals surface area (Å²) < 4.78 is 10.0. The molecule has 0 radical (unpaired) electrons. The van der Waals surface area contributed by atoms with E-state index in [1.165, 1.54) is 0 Å². The minimum absolute atomic E-state index is 0.340. The van der Waals surface area contributed by atoms with Gasteiger partial charge in [-0.15, -0.1) is 11.6 Å². The van der Waals surface area contributed by atoms with E-state index >= 15 is 0 Å². The van der Waals surface area contributed by atoms with Gasteiger partial charge in [0.2, 0.25) is 0 Å². The summed E-state index contributed by atoms with van der Waals surface area (Å²) in [5.41, 5.74) is 0.722. The summed E-state index contributed by atoms with van der Waals surface area (Å²) in [5.74, 6) is 1.66. The quantitative estimate of drug-likeness (QED) is 0.677. The molecular formula is C8H10ClNO2. The SMILES string of the molecule is COc1cnc(CCl)c(OC)c1. The van der Waals surface area contributed by atoms with Crippen molar-refractivity contribution >= 4 is 11.6 Å². The molecular weight excluding hydrogens is 178 g/mol. The Morgan fingerprint density at radius 3 is 2.67 bits per heavy atom. The predicted octanol–water partition coefficient (Wildman–Crippen LogP) is 1.84. The first-order valence-electron chi connectivity index (χ1n) is 3.44. The molecule has 4 heteroatoms. The van der Waals surface area contributed by atoms with Crippen LogP contribution in [0.25, 0.3) is 0 Å². The fraction of sp³-hybridized carbons (Fsp3) is 0.375. The fourth-order valence-electron chi connectivity index (χ4n) is 0.844. The summed E-state index contributed by atoms with van der Waals surface area (Å²) in [7, 11) is 3.16. The number of alkyl halides is 1. The molecule has 0 aliphatic heterocycles. The molecule has 0 aliphatic carbocycles. The van der Waals surface area contributed by atoms with E-state index in [2.05, 4.69) is 4.98 Å². The van der Waals surface area contributed by atoms with Gasteiger partial charge in [0.25, 0.3) is 0 Å². The number of methoxy groups -OCH3 is 2. The van der Waals surface area contributed by atoms with Crippen molar-refractivity contribution in [3.05, 3.63) is 18.0 Å². The Morgan fingerprint density at radius 1 is 1.42 bits per heavy atom. The van der Waals surface area contributed by atoms with Gasteiger partial charge in [-0.2, -0.15) is 0 Å². The summed E-state index contributed by atoms with van der Waals surface area (Å²) in [4.78, 5) is 4.06. The fourth-order valence-corrected chi connectivity index (χ4v) is 1.04. The number of rotatable bonds is 3. The highest BCUT2D eigenvalue weighted by Crippen LogP contribution is 2.22. The van der Waals surface area contributed by atoms with E-state index in [0.29, 0.717) is 17.4 Å². The van der Waals surface area contributed by atoms with Crippen molar-refractivity contribution < 1.29 is 9.47 Å². The molecule has 66 valence electrons. The lowest BCUT2D eigenvalue weighted by molar-refractivity contribution is 0.388. The second kappa shape index (κ2) is 4.16. The zero-order valence-electron chi connectivity index (χ0n) is 7.00. The lowest BCUT2D eigenvalue weighted by Crippen LogP contribution is -1.94. The van der Waals surface area contributed by atoms with Crippen LogP contribution in [0.3, 0.4) is 0 Å². The number of hydrogen-bond acceptors (Lipinski definition) is 3. The Morgan fingerprint density at radius 2 is 2.17 bits per heavy atom. The van der Waals surface area contributed by atoms with Gasteiger partial charge in [-0.25, -0.2) is 0 Å². The molecule has 1 heterocycles. The van der Waals surface area contributed by atoms with Crippen LogP contribution in [-0.4, -0.2) is 19.2 Å². The van der Waals surface area contributed by atoms with E-state index in [1.54, 1.807) is 26.5 Å². The number of hydrogen-bond donors (Lipinski definition) is 0. The summed E-state index contributed by atoms with van der Waals surface area (Å²) in [5, 5.41) is 0. The van der Waals surface area contributed by atoms with Gasteiger partial charge in [0, 0.05) is 6.07 Å². The van der Waals surface area contributed by atoms with Crippen LogP contribution in [0.5, 0.6) is 11.5 Å². The molecule has 1 aromatic heterocycles. The maximum Gasteiger partial charge on any atom is 0.145 e. The van der Waals surface area contributed by atoms with Gasteiger partial charge in [0.1, 0.15) is 11.5 Å².